The van der Waals surface area contributed by atoms with Gasteiger partial charge in [0.15, 0.2) is 23.6 Å². The molecule has 1 aliphatic heterocycles. The number of hydrogen-bond acceptors (Lipinski definition) is 16. The van der Waals surface area contributed by atoms with Crippen LogP contribution in [0.4, 0.5) is 4.79 Å². The molecule has 2 unspecified atom stereocenters. The Morgan fingerprint density at radius 3 is 1.97 bits per heavy atom. The Kier molecular flexibility index (Phi) is 13.5. The van der Waals surface area contributed by atoms with Crippen molar-refractivity contribution in [3.8, 4) is 0 Å². The normalized spacial score (nSPS) is 30.2. The number of amides is 1. The van der Waals surface area contributed by atoms with Crippen LogP contribution < -0.4 is 5.32 Å². The summed E-state index contributed by atoms with van der Waals surface area (Å²) in [6.07, 6.45) is -12.0. The Balaban J connectivity index is 1.42. The number of nitrogens with one attached hydrogen (secondary N) is 1. The third-order valence-corrected chi connectivity index (χ3v) is 13.9. The molecule has 3 aliphatic carbocycles. The molecule has 17 heteroatoms. The fraction of sp³-hybridized carbons (Fsp3) is 0.460. The summed E-state index contributed by atoms with van der Waals surface area (Å²) in [6.45, 7) is 9.27. The molecule has 11 atom stereocenters. The van der Waals surface area contributed by atoms with Gasteiger partial charge < -0.3 is 48.7 Å². The second-order valence-corrected chi connectivity index (χ2v) is 18.1. The molecule has 1 saturated heterocycles. The van der Waals surface area contributed by atoms with E-state index in [0.717, 1.165) is 13.8 Å². The average Bonchev–Trinajstić information content (AvgIpc) is 3.29. The number of hydrogen-bond donors (Lipinski definition) is 3. The fourth-order valence-corrected chi connectivity index (χ4v) is 10.6. The number of ether oxygens (including phenoxy) is 7. The number of carbonyl (C=O) groups is 7. The largest absolute Gasteiger partial charge is 0.508 e. The highest BCUT2D eigenvalue weighted by Crippen LogP contribution is 2.65. The van der Waals surface area contributed by atoms with Crippen molar-refractivity contribution in [1.29, 1.82) is 0 Å². The van der Waals surface area contributed by atoms with Gasteiger partial charge in [-0.25, -0.2) is 14.4 Å². The summed E-state index contributed by atoms with van der Waals surface area (Å²) in [5, 5.41) is 28.5. The van der Waals surface area contributed by atoms with E-state index in [1.54, 1.807) is 99.6 Å². The highest BCUT2D eigenvalue weighted by Gasteiger charge is 2.79. The van der Waals surface area contributed by atoms with Gasteiger partial charge in [0.2, 0.25) is 0 Å². The summed E-state index contributed by atoms with van der Waals surface area (Å²) >= 11 is 0. The number of Topliss-reactive ketones (excluding diaryl/α,β-unsaturated/α-hetero) is 1. The van der Waals surface area contributed by atoms with Crippen LogP contribution >= 0.6 is 0 Å². The van der Waals surface area contributed by atoms with Crippen LogP contribution in [0.2, 0.25) is 0 Å². The third kappa shape index (κ3) is 8.59. The number of esters is 4. The molecule has 67 heavy (non-hydrogen) atoms. The SMILES string of the molecule is CCOC(=O)O[C@H]1C[C@H]2OC[C@@]2(OC(C)=O)C2C(OC(=O)c3ccccc3)[C@]3(O)C[C@H](OC(=O)[C@H](O)[C@H](NC(=O)c4ccccc4)c4ccccc4)C(C)=C([C@@H](OC(C)=O)C(=O)[C@@]21C)C3(C)C. The van der Waals surface area contributed by atoms with Crippen molar-refractivity contribution in [2.45, 2.75) is 115 Å². The van der Waals surface area contributed by atoms with Crippen molar-refractivity contribution in [2.24, 2.45) is 16.7 Å². The van der Waals surface area contributed by atoms with Gasteiger partial charge in [0.05, 0.1) is 36.2 Å². The lowest BCUT2D eigenvalue weighted by Gasteiger charge is -2.67. The van der Waals surface area contributed by atoms with E-state index in [9.17, 15) is 39.0 Å². The van der Waals surface area contributed by atoms with Gasteiger partial charge >= 0.3 is 30.0 Å². The van der Waals surface area contributed by atoms with E-state index in [0.29, 0.717) is 5.56 Å². The minimum absolute atomic E-state index is 0.0354. The third-order valence-electron chi connectivity index (χ3n) is 13.9. The molecule has 1 heterocycles. The summed E-state index contributed by atoms with van der Waals surface area (Å²) in [5.74, 6) is -7.13. The van der Waals surface area contributed by atoms with E-state index < -0.39 is 119 Å². The number of carbonyl (C=O) groups excluding carboxylic acids is 7. The first kappa shape index (κ1) is 48.5. The predicted octanol–water partition coefficient (Wildman–Crippen LogP) is 4.92. The van der Waals surface area contributed by atoms with E-state index in [-0.39, 0.29) is 41.9 Å². The summed E-state index contributed by atoms with van der Waals surface area (Å²) in [4.78, 5) is 98.0. The molecule has 1 amide bonds. The fourth-order valence-electron chi connectivity index (χ4n) is 10.6. The van der Waals surface area contributed by atoms with Gasteiger partial charge in [0.25, 0.3) is 5.91 Å². The lowest BCUT2D eigenvalue weighted by atomic mass is 9.44. The monoisotopic (exact) mass is 925 g/mol. The van der Waals surface area contributed by atoms with Crippen LogP contribution in [-0.4, -0.2) is 113 Å². The molecular formula is C50H55NO16. The molecule has 0 spiro atoms. The van der Waals surface area contributed by atoms with Crippen LogP contribution in [0.5, 0.6) is 0 Å². The van der Waals surface area contributed by atoms with E-state index in [4.69, 9.17) is 33.2 Å². The molecule has 0 aromatic heterocycles. The maximum Gasteiger partial charge on any atom is 0.508 e. The van der Waals surface area contributed by atoms with Crippen LogP contribution in [0.3, 0.4) is 0 Å². The van der Waals surface area contributed by atoms with Crippen LogP contribution in [0.25, 0.3) is 0 Å². The molecule has 2 saturated carbocycles. The van der Waals surface area contributed by atoms with Gasteiger partial charge in [-0.15, -0.1) is 0 Å². The van der Waals surface area contributed by atoms with E-state index in [1.807, 2.05) is 0 Å². The highest BCUT2D eigenvalue weighted by molar-refractivity contribution is 5.96. The second-order valence-electron chi connectivity index (χ2n) is 18.1. The van der Waals surface area contributed by atoms with Crippen LogP contribution in [-0.2, 0) is 52.3 Å². The summed E-state index contributed by atoms with van der Waals surface area (Å²) in [6, 6.07) is 22.8. The number of aliphatic hydroxyl groups is 2. The Morgan fingerprint density at radius 1 is 0.821 bits per heavy atom. The van der Waals surface area contributed by atoms with Gasteiger partial charge in [-0.3, -0.25) is 19.2 Å². The first-order valence-corrected chi connectivity index (χ1v) is 22.1. The number of fused-ring (bicyclic) bond motifs is 5. The molecule has 3 aromatic carbocycles. The number of rotatable bonds is 12. The molecule has 356 valence electrons. The number of aliphatic hydroxyl groups excluding tert-OH is 1. The Labute approximate surface area is 387 Å². The quantitative estimate of drug-likeness (QED) is 0.124. The standard InChI is InChI=1S/C50H55NO16/c1-8-61-46(59)65-34-24-35-49(26-62-35,67-29(4)53)40-42(66-44(57)32-22-16-11-17-23-32)50(60)25-33(27(2)36(47(50,5)6)39(63-28(3)52)41(55)48(34,40)7)64-45(58)38(54)37(30-18-12-9-13-19-30)51-43(56)31-20-14-10-15-21-31/h9-23,33-35,37-40,42,54,60H,8,24-26H2,1-7H3,(H,51,56)/t33-,34-,35+,37+,38+,39+,40?,42?,48+,49-,50+/m0/s1. The van der Waals surface area contributed by atoms with Gasteiger partial charge in [-0.05, 0) is 61.7 Å². The van der Waals surface area contributed by atoms with Crippen LogP contribution in [0, 0.1) is 16.7 Å². The first-order chi connectivity index (χ1) is 31.7. The number of ketones is 1. The zero-order chi connectivity index (χ0) is 48.6. The second kappa shape index (κ2) is 18.7. The predicted molar refractivity (Wildman–Crippen MR) is 234 cm³/mol. The zero-order valence-electron chi connectivity index (χ0n) is 38.2. The minimum atomic E-state index is -2.47. The first-order valence-electron chi connectivity index (χ1n) is 22.1. The van der Waals surface area contributed by atoms with Crippen molar-refractivity contribution >= 4 is 41.7 Å². The topological polar surface area (TPSA) is 237 Å². The van der Waals surface area contributed by atoms with E-state index in [1.165, 1.54) is 26.0 Å². The molecule has 7 rings (SSSR count). The number of benzene rings is 3. The molecule has 3 fully saturated rings. The van der Waals surface area contributed by atoms with Crippen molar-refractivity contribution in [1.82, 2.24) is 5.32 Å². The minimum Gasteiger partial charge on any atom is -0.456 e. The maximum absolute atomic E-state index is 16.0. The van der Waals surface area contributed by atoms with Crippen molar-refractivity contribution < 1.29 is 76.9 Å². The Morgan fingerprint density at radius 2 is 1.42 bits per heavy atom. The molecular weight excluding hydrogens is 871 g/mol. The van der Waals surface area contributed by atoms with E-state index >= 15 is 4.79 Å². The van der Waals surface area contributed by atoms with Gasteiger partial charge in [0, 0.05) is 37.7 Å². The van der Waals surface area contributed by atoms with Gasteiger partial charge in [0.1, 0.15) is 30.0 Å². The van der Waals surface area contributed by atoms with E-state index in [2.05, 4.69) is 5.32 Å². The highest BCUT2D eigenvalue weighted by atomic mass is 16.7. The van der Waals surface area contributed by atoms with Gasteiger partial charge in [-0.2, -0.15) is 0 Å². The molecule has 17 nitrogen and oxygen atoms in total. The van der Waals surface area contributed by atoms with Crippen molar-refractivity contribution in [3.05, 3.63) is 119 Å². The summed E-state index contributed by atoms with van der Waals surface area (Å²) in [5.41, 5.74) is -7.48. The maximum atomic E-state index is 16.0. The average molecular weight is 926 g/mol. The Bertz CT molecular complexity index is 2440. The summed E-state index contributed by atoms with van der Waals surface area (Å²) < 4.78 is 41.8. The Hall–Kier alpha value is -6.43. The molecule has 4 aliphatic rings. The van der Waals surface area contributed by atoms with Crippen molar-refractivity contribution in [2.75, 3.05) is 13.2 Å². The molecule has 2 bridgehead atoms. The summed E-state index contributed by atoms with van der Waals surface area (Å²) in [7, 11) is 0. The zero-order valence-corrected chi connectivity index (χ0v) is 38.2. The lowest BCUT2D eigenvalue weighted by molar-refractivity contribution is -0.346. The lowest BCUT2D eigenvalue weighted by Crippen LogP contribution is -2.82. The molecule has 3 N–H and O–H groups in total. The van der Waals surface area contributed by atoms with Crippen LogP contribution in [0.1, 0.15) is 93.6 Å². The van der Waals surface area contributed by atoms with Gasteiger partial charge in [-0.1, -0.05) is 80.6 Å². The van der Waals surface area contributed by atoms with Crippen LogP contribution in [0.15, 0.2) is 102 Å². The molecule has 0 radical (unpaired) electrons. The van der Waals surface area contributed by atoms with Crippen molar-refractivity contribution in [3.63, 3.8) is 0 Å². The smallest absolute Gasteiger partial charge is 0.456 e. The molecule has 3 aromatic rings.